The third kappa shape index (κ3) is 10.8. The molecule has 0 radical (unpaired) electrons. The maximum absolute atomic E-state index is 11.1. The van der Waals surface area contributed by atoms with Crippen molar-refractivity contribution in [3.05, 3.63) is 29.3 Å². The van der Waals surface area contributed by atoms with Crippen molar-refractivity contribution in [1.82, 2.24) is 15.4 Å². The number of ether oxygens (including phenoxy) is 2. The molecule has 172 valence electrons. The number of nitrogens with zero attached hydrogens (tertiary/aromatic N) is 1. The van der Waals surface area contributed by atoms with Crippen LogP contribution >= 0.6 is 24.0 Å². The number of nitrogens with one attached hydrogen (secondary N) is 3. The van der Waals surface area contributed by atoms with Gasteiger partial charge in [0.15, 0.2) is 5.96 Å². The normalized spacial score (nSPS) is 16.8. The molecular formula is C20H35IN4O4S. The lowest BCUT2D eigenvalue weighted by molar-refractivity contribution is 0.166. The second-order valence-electron chi connectivity index (χ2n) is 7.29. The van der Waals surface area contributed by atoms with E-state index in [0.29, 0.717) is 44.5 Å². The third-order valence-corrected chi connectivity index (χ3v) is 5.21. The molecule has 0 aliphatic carbocycles. The summed E-state index contributed by atoms with van der Waals surface area (Å²) in [5.74, 6) is 2.02. The number of sulfonamides is 1. The molecule has 0 saturated carbocycles. The molecule has 10 heteroatoms. The van der Waals surface area contributed by atoms with Gasteiger partial charge >= 0.3 is 0 Å². The molecule has 0 spiro atoms. The van der Waals surface area contributed by atoms with Crippen LogP contribution in [0, 0.1) is 12.8 Å². The Morgan fingerprint density at radius 2 is 2.10 bits per heavy atom. The Bertz CT molecular complexity index is 768. The molecule has 8 nitrogen and oxygen atoms in total. The van der Waals surface area contributed by atoms with Crippen LogP contribution < -0.4 is 20.1 Å². The molecule has 1 aliphatic rings. The average Bonchev–Trinajstić information content (AvgIpc) is 3.17. The van der Waals surface area contributed by atoms with E-state index in [1.165, 1.54) is 0 Å². The number of aryl methyl sites for hydroxylation is 1. The van der Waals surface area contributed by atoms with Gasteiger partial charge < -0.3 is 20.1 Å². The summed E-state index contributed by atoms with van der Waals surface area (Å²) in [6.45, 7) is 8.55. The summed E-state index contributed by atoms with van der Waals surface area (Å²) < 4.78 is 36.2. The predicted octanol–water partition coefficient (Wildman–Crippen LogP) is 2.02. The van der Waals surface area contributed by atoms with Crippen LogP contribution in [0.25, 0.3) is 0 Å². The first-order chi connectivity index (χ1) is 13.9. The van der Waals surface area contributed by atoms with Crippen molar-refractivity contribution >= 4 is 40.0 Å². The van der Waals surface area contributed by atoms with Crippen LogP contribution in [0.3, 0.4) is 0 Å². The summed E-state index contributed by atoms with van der Waals surface area (Å²) in [5.41, 5.74) is 2.18. The fraction of sp³-hybridized carbons (Fsp3) is 0.650. The van der Waals surface area contributed by atoms with E-state index < -0.39 is 10.0 Å². The van der Waals surface area contributed by atoms with Gasteiger partial charge in [-0.1, -0.05) is 12.1 Å². The average molecular weight is 554 g/mol. The minimum atomic E-state index is -3.15. The second-order valence-corrected chi connectivity index (χ2v) is 9.13. The monoisotopic (exact) mass is 554 g/mol. The lowest BCUT2D eigenvalue weighted by Crippen LogP contribution is -2.38. The SMILES string of the molecule is CCNC(=NCc1ccc(C)cc1OCC1CCOC1)NCCCNS(C)(=O)=O.I. The summed E-state index contributed by atoms with van der Waals surface area (Å²) in [6, 6.07) is 6.17. The fourth-order valence-electron chi connectivity index (χ4n) is 2.91. The molecule has 1 saturated heterocycles. The molecule has 0 bridgehead atoms. The Hall–Kier alpha value is -1.11. The molecule has 1 aliphatic heterocycles. The zero-order valence-electron chi connectivity index (χ0n) is 18.1. The zero-order valence-corrected chi connectivity index (χ0v) is 21.2. The van der Waals surface area contributed by atoms with Crippen molar-refractivity contribution < 1.29 is 17.9 Å². The molecule has 1 fully saturated rings. The molecule has 1 aromatic rings. The van der Waals surface area contributed by atoms with Crippen molar-refractivity contribution in [2.24, 2.45) is 10.9 Å². The largest absolute Gasteiger partial charge is 0.493 e. The van der Waals surface area contributed by atoms with E-state index in [9.17, 15) is 8.42 Å². The maximum Gasteiger partial charge on any atom is 0.208 e. The number of hydrogen-bond acceptors (Lipinski definition) is 5. The van der Waals surface area contributed by atoms with E-state index in [4.69, 9.17) is 9.47 Å². The standard InChI is InChI=1S/C20H34N4O4S.HI/c1-4-21-20(22-9-5-10-24-29(3,25)26)23-13-18-7-6-16(2)12-19(18)28-15-17-8-11-27-14-17;/h6-7,12,17,24H,4-5,8-11,13-15H2,1-3H3,(H2,21,22,23);1H. The van der Waals surface area contributed by atoms with Gasteiger partial charge in [0, 0.05) is 37.7 Å². The third-order valence-electron chi connectivity index (χ3n) is 4.48. The van der Waals surface area contributed by atoms with Gasteiger partial charge in [0.25, 0.3) is 0 Å². The minimum absolute atomic E-state index is 0. The van der Waals surface area contributed by atoms with Crippen molar-refractivity contribution in [1.29, 1.82) is 0 Å². The Morgan fingerprint density at radius 3 is 2.77 bits per heavy atom. The van der Waals surface area contributed by atoms with Gasteiger partial charge in [-0.2, -0.15) is 0 Å². The van der Waals surface area contributed by atoms with Gasteiger partial charge in [0.2, 0.25) is 10.0 Å². The first kappa shape index (κ1) is 26.9. The highest BCUT2D eigenvalue weighted by Crippen LogP contribution is 2.23. The van der Waals surface area contributed by atoms with Gasteiger partial charge in [-0.25, -0.2) is 18.1 Å². The van der Waals surface area contributed by atoms with Crippen LogP contribution in [0.5, 0.6) is 5.75 Å². The Labute approximate surface area is 197 Å². The number of guanidine groups is 1. The molecule has 0 aromatic heterocycles. The highest BCUT2D eigenvalue weighted by atomic mass is 127. The Kier molecular flexibility index (Phi) is 12.6. The van der Waals surface area contributed by atoms with E-state index in [1.54, 1.807) is 0 Å². The van der Waals surface area contributed by atoms with Gasteiger partial charge in [-0.15, -0.1) is 24.0 Å². The molecule has 2 rings (SSSR count). The highest BCUT2D eigenvalue weighted by Gasteiger charge is 2.17. The Balaban J connectivity index is 0.00000450. The smallest absolute Gasteiger partial charge is 0.208 e. The molecular weight excluding hydrogens is 519 g/mol. The van der Waals surface area contributed by atoms with Gasteiger partial charge in [-0.05, 0) is 38.3 Å². The van der Waals surface area contributed by atoms with E-state index in [-0.39, 0.29) is 24.0 Å². The molecule has 1 heterocycles. The minimum Gasteiger partial charge on any atom is -0.493 e. The topological polar surface area (TPSA) is 101 Å². The van der Waals surface area contributed by atoms with Crippen molar-refractivity contribution in [2.45, 2.75) is 33.2 Å². The van der Waals surface area contributed by atoms with E-state index in [1.807, 2.05) is 6.92 Å². The summed E-state index contributed by atoms with van der Waals surface area (Å²) >= 11 is 0. The molecule has 30 heavy (non-hydrogen) atoms. The van der Waals surface area contributed by atoms with E-state index in [2.05, 4.69) is 45.5 Å². The van der Waals surface area contributed by atoms with Crippen LogP contribution in [0.2, 0.25) is 0 Å². The highest BCUT2D eigenvalue weighted by molar-refractivity contribution is 14.0. The van der Waals surface area contributed by atoms with Crippen LogP contribution in [-0.2, 0) is 21.3 Å². The molecule has 1 atom stereocenters. The second kappa shape index (κ2) is 14.0. The van der Waals surface area contributed by atoms with Crippen LogP contribution in [0.1, 0.15) is 30.9 Å². The summed E-state index contributed by atoms with van der Waals surface area (Å²) in [6.07, 6.45) is 2.87. The van der Waals surface area contributed by atoms with E-state index >= 15 is 0 Å². The zero-order chi connectivity index (χ0) is 21.1. The lowest BCUT2D eigenvalue weighted by atomic mass is 10.1. The van der Waals surface area contributed by atoms with Crippen LogP contribution in [0.15, 0.2) is 23.2 Å². The molecule has 1 unspecified atom stereocenters. The maximum atomic E-state index is 11.1. The van der Waals surface area contributed by atoms with E-state index in [0.717, 1.165) is 49.3 Å². The first-order valence-corrected chi connectivity index (χ1v) is 12.0. The first-order valence-electron chi connectivity index (χ1n) is 10.1. The van der Waals surface area contributed by atoms with Crippen molar-refractivity contribution in [2.75, 3.05) is 45.7 Å². The number of benzene rings is 1. The summed E-state index contributed by atoms with van der Waals surface area (Å²) in [4.78, 5) is 4.65. The molecule has 0 amide bonds. The summed E-state index contributed by atoms with van der Waals surface area (Å²) in [5, 5.41) is 6.44. The fourth-order valence-corrected chi connectivity index (χ4v) is 3.42. The van der Waals surface area contributed by atoms with Gasteiger partial charge in [0.1, 0.15) is 5.75 Å². The van der Waals surface area contributed by atoms with Gasteiger partial charge in [-0.3, -0.25) is 0 Å². The van der Waals surface area contributed by atoms with Crippen molar-refractivity contribution in [3.63, 3.8) is 0 Å². The van der Waals surface area contributed by atoms with Gasteiger partial charge in [0.05, 0.1) is 26.0 Å². The quantitative estimate of drug-likeness (QED) is 0.168. The molecule has 1 aromatic carbocycles. The number of aliphatic imine (C=N–C) groups is 1. The van der Waals surface area contributed by atoms with Crippen molar-refractivity contribution in [3.8, 4) is 5.75 Å². The van der Waals surface area contributed by atoms with Crippen LogP contribution in [0.4, 0.5) is 0 Å². The summed E-state index contributed by atoms with van der Waals surface area (Å²) in [7, 11) is -3.15. The predicted molar refractivity (Wildman–Crippen MR) is 131 cm³/mol. The molecule has 3 N–H and O–H groups in total. The Morgan fingerprint density at radius 1 is 1.30 bits per heavy atom. The number of rotatable bonds is 11. The number of hydrogen-bond donors (Lipinski definition) is 3. The van der Waals surface area contributed by atoms with Crippen LogP contribution in [-0.4, -0.2) is 60.1 Å². The number of halogens is 1. The lowest BCUT2D eigenvalue weighted by Gasteiger charge is -2.15.